The average Bonchev–Trinajstić information content (AvgIpc) is 3.35. The highest BCUT2D eigenvalue weighted by Crippen LogP contribution is 2.35. The fraction of sp³-hybridized carbons (Fsp3) is 0.250. The molecule has 40 heavy (non-hydrogen) atoms. The summed E-state index contributed by atoms with van der Waals surface area (Å²) in [6.45, 7) is 9.35. The van der Waals surface area contributed by atoms with E-state index in [-0.39, 0.29) is 11.8 Å². The number of benzene rings is 2. The van der Waals surface area contributed by atoms with Gasteiger partial charge in [-0.1, -0.05) is 44.7 Å². The summed E-state index contributed by atoms with van der Waals surface area (Å²) in [6.07, 6.45) is 4.77. The highest BCUT2D eigenvalue weighted by Gasteiger charge is 2.23. The maximum atomic E-state index is 12.7. The first-order valence-corrected chi connectivity index (χ1v) is 13.1. The summed E-state index contributed by atoms with van der Waals surface area (Å²) in [7, 11) is 1.70. The number of fused-ring (bicyclic) bond motifs is 1. The monoisotopic (exact) mass is 535 g/mol. The number of nitrogens with two attached hydrogens (primary N) is 1. The molecule has 2 N–H and O–H groups in total. The van der Waals surface area contributed by atoms with Crippen molar-refractivity contribution in [1.82, 2.24) is 9.55 Å². The SMILES string of the molecule is C=CC(=O)N(C)c1cccc(-c2cnc3c(c2)c(-c2cccc(C#N)c2)cn3C(C)OC(=O)C(N)CC(C)C)c1. The van der Waals surface area contributed by atoms with E-state index in [2.05, 4.69) is 12.6 Å². The minimum Gasteiger partial charge on any atom is -0.440 e. The van der Waals surface area contributed by atoms with Gasteiger partial charge in [-0.15, -0.1) is 0 Å². The Labute approximate surface area is 234 Å². The van der Waals surface area contributed by atoms with Crippen molar-refractivity contribution in [3.63, 3.8) is 0 Å². The lowest BCUT2D eigenvalue weighted by atomic mass is 10.0. The summed E-state index contributed by atoms with van der Waals surface area (Å²) in [4.78, 5) is 31.2. The molecule has 1 amide bonds. The molecule has 0 bridgehead atoms. The first kappa shape index (κ1) is 28.3. The van der Waals surface area contributed by atoms with E-state index in [0.29, 0.717) is 17.6 Å². The van der Waals surface area contributed by atoms with Crippen LogP contribution in [-0.4, -0.2) is 34.5 Å². The fourth-order valence-corrected chi connectivity index (χ4v) is 4.63. The Morgan fingerprint density at radius 1 is 1.12 bits per heavy atom. The highest BCUT2D eigenvalue weighted by molar-refractivity contribution is 6.01. The van der Waals surface area contributed by atoms with Crippen LogP contribution in [0, 0.1) is 17.2 Å². The molecule has 0 aliphatic carbocycles. The third-order valence-corrected chi connectivity index (χ3v) is 6.75. The molecule has 0 radical (unpaired) electrons. The first-order valence-electron chi connectivity index (χ1n) is 13.1. The Hall–Kier alpha value is -4.74. The van der Waals surface area contributed by atoms with Crippen molar-refractivity contribution in [3.05, 3.63) is 85.2 Å². The van der Waals surface area contributed by atoms with E-state index >= 15 is 0 Å². The van der Waals surface area contributed by atoms with Crippen molar-refractivity contribution in [2.75, 3.05) is 11.9 Å². The van der Waals surface area contributed by atoms with Gasteiger partial charge in [-0.2, -0.15) is 5.26 Å². The minimum absolute atomic E-state index is 0.209. The number of esters is 1. The normalized spacial score (nSPS) is 12.5. The number of nitrogens with zero attached hydrogens (tertiary/aromatic N) is 4. The maximum absolute atomic E-state index is 12.7. The Kier molecular flexibility index (Phi) is 8.46. The number of pyridine rings is 1. The van der Waals surface area contributed by atoms with Crippen LogP contribution in [0.25, 0.3) is 33.3 Å². The molecular formula is C32H33N5O3. The topological polar surface area (TPSA) is 114 Å². The van der Waals surface area contributed by atoms with Gasteiger partial charge in [0, 0.05) is 41.6 Å². The second kappa shape index (κ2) is 12.0. The van der Waals surface area contributed by atoms with Gasteiger partial charge in [0.15, 0.2) is 6.23 Å². The second-order valence-corrected chi connectivity index (χ2v) is 10.2. The van der Waals surface area contributed by atoms with Gasteiger partial charge in [-0.05, 0) is 66.8 Å². The number of amides is 1. The summed E-state index contributed by atoms with van der Waals surface area (Å²) in [6, 6.07) is 18.4. The van der Waals surface area contributed by atoms with Crippen molar-refractivity contribution in [1.29, 1.82) is 5.26 Å². The molecule has 8 heteroatoms. The van der Waals surface area contributed by atoms with Gasteiger partial charge in [0.25, 0.3) is 0 Å². The lowest BCUT2D eigenvalue weighted by molar-refractivity contribution is -0.154. The molecule has 4 rings (SSSR count). The average molecular weight is 536 g/mol. The standard InChI is InChI=1S/C32H33N5O3/c1-6-30(38)36(5)26-12-8-10-23(15-26)25-16-27-28(24-11-7-9-22(14-24)17-33)19-37(31(27)35-18-25)21(4)40-32(39)29(34)13-20(2)3/h6-12,14-16,18-21,29H,1,13,34H2,2-5H3. The van der Waals surface area contributed by atoms with Gasteiger partial charge in [0.05, 0.1) is 11.6 Å². The summed E-state index contributed by atoms with van der Waals surface area (Å²) in [5.41, 5.74) is 11.3. The van der Waals surface area contributed by atoms with Crippen LogP contribution in [-0.2, 0) is 14.3 Å². The lowest BCUT2D eigenvalue weighted by Crippen LogP contribution is -2.34. The molecule has 4 aromatic rings. The Morgan fingerprint density at radius 3 is 2.55 bits per heavy atom. The molecule has 2 heterocycles. The number of rotatable bonds is 9. The van der Waals surface area contributed by atoms with Crippen molar-refractivity contribution < 1.29 is 14.3 Å². The smallest absolute Gasteiger partial charge is 0.324 e. The summed E-state index contributed by atoms with van der Waals surface area (Å²) < 4.78 is 7.56. The van der Waals surface area contributed by atoms with Gasteiger partial charge in [0.2, 0.25) is 5.91 Å². The Bertz CT molecular complexity index is 1610. The highest BCUT2D eigenvalue weighted by atomic mass is 16.6. The molecule has 0 aliphatic heterocycles. The van der Waals surface area contributed by atoms with Gasteiger partial charge >= 0.3 is 5.97 Å². The summed E-state index contributed by atoms with van der Waals surface area (Å²) in [5, 5.41) is 10.3. The van der Waals surface area contributed by atoms with Gasteiger partial charge in [-0.25, -0.2) is 4.98 Å². The van der Waals surface area contributed by atoms with Crippen molar-refractivity contribution in [2.45, 2.75) is 39.5 Å². The van der Waals surface area contributed by atoms with Crippen molar-refractivity contribution >= 4 is 28.6 Å². The van der Waals surface area contributed by atoms with Crippen molar-refractivity contribution in [2.24, 2.45) is 11.7 Å². The lowest BCUT2D eigenvalue weighted by Gasteiger charge is -2.19. The zero-order valence-electron chi connectivity index (χ0n) is 23.2. The molecule has 2 aromatic heterocycles. The zero-order valence-corrected chi connectivity index (χ0v) is 23.2. The summed E-state index contributed by atoms with van der Waals surface area (Å²) >= 11 is 0. The number of likely N-dealkylation sites (N-methyl/N-ethyl adjacent to an activating group) is 1. The molecule has 0 fully saturated rings. The van der Waals surface area contributed by atoms with Gasteiger partial charge in [-0.3, -0.25) is 14.2 Å². The first-order chi connectivity index (χ1) is 19.1. The molecule has 2 aromatic carbocycles. The largest absolute Gasteiger partial charge is 0.440 e. The van der Waals surface area contributed by atoms with Gasteiger partial charge in [0.1, 0.15) is 11.7 Å². The molecule has 8 nitrogen and oxygen atoms in total. The van der Waals surface area contributed by atoms with Crippen LogP contribution in [0.5, 0.6) is 0 Å². The predicted octanol–water partition coefficient (Wildman–Crippen LogP) is 5.83. The van der Waals surface area contributed by atoms with Crippen LogP contribution in [0.2, 0.25) is 0 Å². The Balaban J connectivity index is 1.81. The molecule has 2 atom stereocenters. The molecule has 0 spiro atoms. The van der Waals surface area contributed by atoms with Crippen LogP contribution in [0.3, 0.4) is 0 Å². The fourth-order valence-electron chi connectivity index (χ4n) is 4.63. The van der Waals surface area contributed by atoms with E-state index in [9.17, 15) is 14.9 Å². The number of anilines is 1. The minimum atomic E-state index is -0.714. The van der Waals surface area contributed by atoms with Gasteiger partial charge < -0.3 is 15.4 Å². The van der Waals surface area contributed by atoms with Crippen molar-refractivity contribution in [3.8, 4) is 28.3 Å². The van der Waals surface area contributed by atoms with Crippen LogP contribution in [0.15, 0.2) is 79.6 Å². The summed E-state index contributed by atoms with van der Waals surface area (Å²) in [5.74, 6) is -0.417. The van der Waals surface area contributed by atoms with E-state index in [1.54, 1.807) is 30.8 Å². The van der Waals surface area contributed by atoms with Crippen LogP contribution < -0.4 is 10.6 Å². The van der Waals surface area contributed by atoms with Crippen LogP contribution >= 0.6 is 0 Å². The maximum Gasteiger partial charge on any atom is 0.324 e. The predicted molar refractivity (Wildman–Crippen MR) is 157 cm³/mol. The number of aromatic nitrogens is 2. The number of carbonyl (C=O) groups is 2. The molecule has 0 saturated carbocycles. The third kappa shape index (κ3) is 5.95. The second-order valence-electron chi connectivity index (χ2n) is 10.2. The number of nitriles is 1. The zero-order chi connectivity index (χ0) is 29.0. The van der Waals surface area contributed by atoms with Crippen LogP contribution in [0.1, 0.15) is 39.0 Å². The molecule has 204 valence electrons. The molecular weight excluding hydrogens is 502 g/mol. The van der Waals surface area contributed by atoms with E-state index in [1.807, 2.05) is 68.6 Å². The van der Waals surface area contributed by atoms with Crippen LogP contribution in [0.4, 0.5) is 5.69 Å². The molecule has 0 saturated heterocycles. The van der Waals surface area contributed by atoms with E-state index in [4.69, 9.17) is 15.5 Å². The number of ether oxygens (including phenoxy) is 1. The van der Waals surface area contributed by atoms with E-state index in [0.717, 1.165) is 33.3 Å². The van der Waals surface area contributed by atoms with E-state index < -0.39 is 18.2 Å². The molecule has 2 unspecified atom stereocenters. The number of hydrogen-bond acceptors (Lipinski definition) is 6. The Morgan fingerprint density at radius 2 is 1.85 bits per heavy atom. The molecule has 0 aliphatic rings. The third-order valence-electron chi connectivity index (χ3n) is 6.75. The quantitative estimate of drug-likeness (QED) is 0.213. The number of hydrogen-bond donors (Lipinski definition) is 1. The van der Waals surface area contributed by atoms with E-state index in [1.165, 1.54) is 11.0 Å². The number of carbonyl (C=O) groups excluding carboxylic acids is 2.